The van der Waals surface area contributed by atoms with Gasteiger partial charge in [0.1, 0.15) is 0 Å². The molecule has 0 saturated carbocycles. The van der Waals surface area contributed by atoms with E-state index < -0.39 is 5.69 Å². The monoisotopic (exact) mass is 371 g/mol. The van der Waals surface area contributed by atoms with Crippen LogP contribution < -0.4 is 0 Å². The van der Waals surface area contributed by atoms with Gasteiger partial charge in [-0.3, -0.25) is 4.79 Å². The van der Waals surface area contributed by atoms with E-state index in [1.165, 1.54) is 11.4 Å². The Labute approximate surface area is 142 Å². The zero-order valence-electron chi connectivity index (χ0n) is 13.8. The lowest BCUT2D eigenvalue weighted by atomic mass is 10.3. The summed E-state index contributed by atoms with van der Waals surface area (Å²) >= 11 is 6.67. The van der Waals surface area contributed by atoms with Crippen molar-refractivity contribution in [3.05, 3.63) is 0 Å². The molecule has 6 nitrogen and oxygen atoms in total. The van der Waals surface area contributed by atoms with Crippen LogP contribution in [0.3, 0.4) is 0 Å². The number of carbonyl (C=O) groups excluding carboxylic acids is 1. The summed E-state index contributed by atoms with van der Waals surface area (Å²) in [6.45, 7) is 9.02. The van der Waals surface area contributed by atoms with Crippen molar-refractivity contribution in [2.24, 2.45) is 0 Å². The molecular formula is C13H26NO5PS2. The molecule has 1 aliphatic heterocycles. The summed E-state index contributed by atoms with van der Waals surface area (Å²) < 4.78 is 22.3. The van der Waals surface area contributed by atoms with E-state index in [2.05, 4.69) is 0 Å². The summed E-state index contributed by atoms with van der Waals surface area (Å²) in [5.74, 6) is 0.184. The highest BCUT2D eigenvalue weighted by molar-refractivity contribution is 8.68. The smallest absolute Gasteiger partial charge is 0.247 e. The first-order chi connectivity index (χ1) is 10.3. The molecule has 2 unspecified atom stereocenters. The molecule has 1 saturated heterocycles. The molecule has 0 aromatic rings. The van der Waals surface area contributed by atoms with Crippen LogP contribution in [0.2, 0.25) is 0 Å². The predicted octanol–water partition coefficient (Wildman–Crippen LogP) is 2.63. The van der Waals surface area contributed by atoms with Gasteiger partial charge < -0.3 is 23.4 Å². The van der Waals surface area contributed by atoms with Crippen LogP contribution in [0.15, 0.2) is 0 Å². The van der Waals surface area contributed by atoms with Crippen molar-refractivity contribution in [2.45, 2.75) is 46.2 Å². The van der Waals surface area contributed by atoms with Crippen LogP contribution in [0.25, 0.3) is 0 Å². The van der Waals surface area contributed by atoms with Crippen molar-refractivity contribution in [2.75, 3.05) is 32.6 Å². The number of nitrogens with zero attached hydrogens (tertiary/aromatic N) is 1. The Morgan fingerprint density at radius 2 is 1.73 bits per heavy atom. The molecule has 0 aromatic heterocycles. The zero-order chi connectivity index (χ0) is 16.8. The second-order valence-corrected chi connectivity index (χ2v) is 11.3. The molecule has 130 valence electrons. The van der Waals surface area contributed by atoms with E-state index in [-0.39, 0.29) is 30.2 Å². The summed E-state index contributed by atoms with van der Waals surface area (Å²) in [6.07, 6.45) is -0.277. The maximum atomic E-state index is 12.2. The molecule has 1 rings (SSSR count). The average Bonchev–Trinajstić information content (AvgIpc) is 2.75. The third-order valence-electron chi connectivity index (χ3n) is 3.16. The number of ether oxygens (including phenoxy) is 2. The molecule has 9 heteroatoms. The Kier molecular flexibility index (Phi) is 8.85. The molecule has 22 heavy (non-hydrogen) atoms. The summed E-state index contributed by atoms with van der Waals surface area (Å²) in [7, 11) is 1.73. The quantitative estimate of drug-likeness (QED) is 0.578. The lowest BCUT2D eigenvalue weighted by molar-refractivity contribution is -0.134. The first kappa shape index (κ1) is 20.4. The minimum absolute atomic E-state index is 0.0435. The van der Waals surface area contributed by atoms with Gasteiger partial charge in [-0.2, -0.15) is 0 Å². The SMILES string of the molecule is CCOP(=S)(OCC)SCC(=O)N(C)CC1OC(C)[C@H](C)O1. The number of rotatable bonds is 9. The Morgan fingerprint density at radius 1 is 1.23 bits per heavy atom. The molecular weight excluding hydrogens is 345 g/mol. The fourth-order valence-electron chi connectivity index (χ4n) is 1.82. The van der Waals surface area contributed by atoms with Gasteiger partial charge in [0.15, 0.2) is 6.29 Å². The standard InChI is InChI=1S/C13H26NO5PS2/c1-6-16-20(21,17-7-2)22-9-12(15)14(5)8-13-18-10(3)11(4)19-13/h10-11,13H,6-9H2,1-5H3/t10-,11?,13?/m0/s1. The minimum Gasteiger partial charge on any atom is -0.345 e. The van der Waals surface area contributed by atoms with Gasteiger partial charge in [0.25, 0.3) is 0 Å². The largest absolute Gasteiger partial charge is 0.345 e. The van der Waals surface area contributed by atoms with Crippen molar-refractivity contribution in [1.29, 1.82) is 0 Å². The summed E-state index contributed by atoms with van der Waals surface area (Å²) in [4.78, 5) is 13.8. The first-order valence-electron chi connectivity index (χ1n) is 7.39. The summed E-state index contributed by atoms with van der Waals surface area (Å²) in [6, 6.07) is 0. The fraction of sp³-hybridized carbons (Fsp3) is 0.923. The van der Waals surface area contributed by atoms with Gasteiger partial charge in [-0.15, -0.1) is 0 Å². The number of likely N-dealkylation sites (N-methyl/N-ethyl adjacent to an activating group) is 1. The van der Waals surface area contributed by atoms with E-state index >= 15 is 0 Å². The molecule has 0 aromatic carbocycles. The van der Waals surface area contributed by atoms with Crippen LogP contribution in [-0.4, -0.2) is 61.9 Å². The van der Waals surface area contributed by atoms with Gasteiger partial charge in [-0.1, -0.05) is 11.4 Å². The topological polar surface area (TPSA) is 57.2 Å². The Bertz CT molecular complexity index is 392. The normalized spacial score (nSPS) is 25.4. The number of hydrogen-bond donors (Lipinski definition) is 0. The molecule has 0 aliphatic carbocycles. The third kappa shape index (κ3) is 6.43. The second kappa shape index (κ2) is 9.57. The zero-order valence-corrected chi connectivity index (χ0v) is 16.3. The Hall–Kier alpha value is 0.310. The number of amides is 1. The van der Waals surface area contributed by atoms with E-state index in [0.29, 0.717) is 19.8 Å². The summed E-state index contributed by atoms with van der Waals surface area (Å²) in [5, 5.41) is 0. The maximum Gasteiger partial charge on any atom is 0.247 e. The minimum atomic E-state index is -2.43. The van der Waals surface area contributed by atoms with Crippen molar-refractivity contribution in [1.82, 2.24) is 4.90 Å². The van der Waals surface area contributed by atoms with Crippen molar-refractivity contribution in [3.8, 4) is 0 Å². The van der Waals surface area contributed by atoms with E-state index in [4.69, 9.17) is 30.3 Å². The molecule has 3 atom stereocenters. The van der Waals surface area contributed by atoms with E-state index in [9.17, 15) is 4.79 Å². The molecule has 0 spiro atoms. The molecule has 1 aliphatic rings. The molecule has 1 fully saturated rings. The van der Waals surface area contributed by atoms with Gasteiger partial charge >= 0.3 is 0 Å². The highest BCUT2D eigenvalue weighted by Gasteiger charge is 2.31. The Morgan fingerprint density at radius 3 is 2.18 bits per heavy atom. The van der Waals surface area contributed by atoms with Crippen LogP contribution in [0.1, 0.15) is 27.7 Å². The van der Waals surface area contributed by atoms with Gasteiger partial charge in [0.2, 0.25) is 11.6 Å². The lowest BCUT2D eigenvalue weighted by Gasteiger charge is -2.23. The van der Waals surface area contributed by atoms with Gasteiger partial charge in [0.05, 0.1) is 37.7 Å². The number of carbonyl (C=O) groups is 1. The van der Waals surface area contributed by atoms with Crippen LogP contribution in [0.5, 0.6) is 0 Å². The maximum absolute atomic E-state index is 12.2. The molecule has 1 heterocycles. The molecule has 0 N–H and O–H groups in total. The highest BCUT2D eigenvalue weighted by atomic mass is 32.9. The van der Waals surface area contributed by atoms with Crippen LogP contribution in [0.4, 0.5) is 0 Å². The molecule has 0 radical (unpaired) electrons. The Balaban J connectivity index is 2.42. The highest BCUT2D eigenvalue weighted by Crippen LogP contribution is 2.60. The van der Waals surface area contributed by atoms with Gasteiger partial charge in [0, 0.05) is 7.05 Å². The van der Waals surface area contributed by atoms with Crippen LogP contribution in [-0.2, 0) is 35.1 Å². The van der Waals surface area contributed by atoms with Gasteiger partial charge in [-0.25, -0.2) is 0 Å². The van der Waals surface area contributed by atoms with Gasteiger partial charge in [-0.05, 0) is 39.5 Å². The predicted molar refractivity (Wildman–Crippen MR) is 92.5 cm³/mol. The molecule has 1 amide bonds. The van der Waals surface area contributed by atoms with E-state index in [0.717, 1.165) is 0 Å². The van der Waals surface area contributed by atoms with Crippen LogP contribution in [0, 0.1) is 0 Å². The van der Waals surface area contributed by atoms with E-state index in [1.807, 2.05) is 27.7 Å². The van der Waals surface area contributed by atoms with Crippen molar-refractivity contribution < 1.29 is 23.3 Å². The summed E-state index contributed by atoms with van der Waals surface area (Å²) in [5.41, 5.74) is -2.43. The third-order valence-corrected chi connectivity index (χ3v) is 8.55. The first-order valence-corrected chi connectivity index (χ1v) is 11.6. The van der Waals surface area contributed by atoms with Crippen molar-refractivity contribution in [3.63, 3.8) is 0 Å². The average molecular weight is 371 g/mol. The van der Waals surface area contributed by atoms with E-state index in [1.54, 1.807) is 11.9 Å². The molecule has 0 bridgehead atoms. The second-order valence-electron chi connectivity index (χ2n) is 4.94. The fourth-order valence-corrected chi connectivity index (χ4v) is 6.15. The van der Waals surface area contributed by atoms with Crippen LogP contribution >= 0.6 is 17.1 Å². The number of hydrogen-bond acceptors (Lipinski definition) is 7. The lowest BCUT2D eigenvalue weighted by Crippen LogP contribution is -2.36. The van der Waals surface area contributed by atoms with Crippen molar-refractivity contribution >= 4 is 34.8 Å².